The molecule has 0 saturated heterocycles. The highest BCUT2D eigenvalue weighted by Gasteiger charge is 2.27. The lowest BCUT2D eigenvalue weighted by Gasteiger charge is -2.13. The van der Waals surface area contributed by atoms with Crippen molar-refractivity contribution in [1.29, 1.82) is 0 Å². The minimum Gasteiger partial charge on any atom is -0.495 e. The molecule has 1 fully saturated rings. The number of methoxy groups -OCH3 is 1. The number of nitrogens with one attached hydrogen (secondary N) is 2. The van der Waals surface area contributed by atoms with E-state index >= 15 is 0 Å². The summed E-state index contributed by atoms with van der Waals surface area (Å²) in [5, 5.41) is 7.86. The first kappa shape index (κ1) is 19.0. The molecule has 1 saturated carbocycles. The van der Waals surface area contributed by atoms with Crippen LogP contribution in [0.4, 0.5) is 23.5 Å². The zero-order valence-corrected chi connectivity index (χ0v) is 17.4. The monoisotopic (exact) mass is 417 g/mol. The van der Waals surface area contributed by atoms with Gasteiger partial charge in [-0.15, -0.1) is 0 Å². The first-order chi connectivity index (χ1) is 13.7. The van der Waals surface area contributed by atoms with Crippen molar-refractivity contribution >= 4 is 49.0 Å². The average molecular weight is 418 g/mol. The SMILES string of the molecule is CCPc1ccc(Nc2nc(Nc3ncc(C4CC4)o3)ncc2Cl)c(OC)c1. The molecule has 1 aromatic carbocycles. The lowest BCUT2D eigenvalue weighted by molar-refractivity contribution is 0.417. The first-order valence-electron chi connectivity index (χ1n) is 9.10. The first-order valence-corrected chi connectivity index (χ1v) is 10.7. The Balaban J connectivity index is 1.53. The van der Waals surface area contributed by atoms with E-state index < -0.39 is 0 Å². The molecule has 7 nitrogen and oxygen atoms in total. The van der Waals surface area contributed by atoms with Crippen molar-refractivity contribution in [2.24, 2.45) is 0 Å². The predicted molar refractivity (Wildman–Crippen MR) is 114 cm³/mol. The van der Waals surface area contributed by atoms with E-state index in [2.05, 4.69) is 38.6 Å². The van der Waals surface area contributed by atoms with Crippen LogP contribution in [-0.4, -0.2) is 28.2 Å². The van der Waals surface area contributed by atoms with Gasteiger partial charge in [-0.3, -0.25) is 5.32 Å². The third-order valence-electron chi connectivity index (χ3n) is 4.30. The fourth-order valence-corrected chi connectivity index (χ4v) is 3.73. The molecule has 0 radical (unpaired) electrons. The van der Waals surface area contributed by atoms with E-state index in [9.17, 15) is 0 Å². The molecule has 146 valence electrons. The Bertz CT molecular complexity index is 977. The third kappa shape index (κ3) is 4.37. The van der Waals surface area contributed by atoms with Crippen LogP contribution in [0.15, 0.2) is 35.0 Å². The number of halogens is 1. The molecule has 28 heavy (non-hydrogen) atoms. The van der Waals surface area contributed by atoms with Crippen LogP contribution in [0.2, 0.25) is 5.02 Å². The summed E-state index contributed by atoms with van der Waals surface area (Å²) in [5.41, 5.74) is 0.783. The number of nitrogens with zero attached hydrogens (tertiary/aromatic N) is 3. The van der Waals surface area contributed by atoms with Gasteiger partial charge in [-0.1, -0.05) is 33.2 Å². The molecule has 1 unspecified atom stereocenters. The summed E-state index contributed by atoms with van der Waals surface area (Å²) in [4.78, 5) is 12.9. The van der Waals surface area contributed by atoms with Crippen LogP contribution in [0.25, 0.3) is 0 Å². The van der Waals surface area contributed by atoms with Crippen molar-refractivity contribution in [2.45, 2.75) is 25.7 Å². The summed E-state index contributed by atoms with van der Waals surface area (Å²) in [7, 11) is 2.39. The Labute approximate surface area is 170 Å². The van der Waals surface area contributed by atoms with Crippen molar-refractivity contribution in [1.82, 2.24) is 15.0 Å². The smallest absolute Gasteiger partial charge is 0.301 e. The summed E-state index contributed by atoms with van der Waals surface area (Å²) in [5.74, 6) is 2.95. The lowest BCUT2D eigenvalue weighted by Crippen LogP contribution is -2.04. The minimum absolute atomic E-state index is 0.346. The highest BCUT2D eigenvalue weighted by atomic mass is 35.5. The van der Waals surface area contributed by atoms with Gasteiger partial charge < -0.3 is 14.5 Å². The van der Waals surface area contributed by atoms with Crippen molar-refractivity contribution in [2.75, 3.05) is 23.9 Å². The van der Waals surface area contributed by atoms with Crippen molar-refractivity contribution in [3.8, 4) is 5.75 Å². The maximum absolute atomic E-state index is 6.29. The number of benzene rings is 1. The summed E-state index contributed by atoms with van der Waals surface area (Å²) >= 11 is 6.29. The fraction of sp³-hybridized carbons (Fsp3) is 0.316. The van der Waals surface area contributed by atoms with Crippen molar-refractivity contribution in [3.05, 3.63) is 41.4 Å². The Morgan fingerprint density at radius 1 is 1.25 bits per heavy atom. The fourth-order valence-electron chi connectivity index (χ4n) is 2.75. The Hall–Kier alpha value is -2.37. The molecule has 1 atom stereocenters. The van der Waals surface area contributed by atoms with Crippen LogP contribution < -0.4 is 20.7 Å². The van der Waals surface area contributed by atoms with Crippen LogP contribution in [0.1, 0.15) is 31.4 Å². The number of aromatic nitrogens is 3. The van der Waals surface area contributed by atoms with E-state index in [-0.39, 0.29) is 0 Å². The number of anilines is 4. The summed E-state index contributed by atoms with van der Waals surface area (Å²) in [6, 6.07) is 6.45. The number of ether oxygens (including phenoxy) is 1. The maximum atomic E-state index is 6.29. The zero-order valence-electron chi connectivity index (χ0n) is 15.6. The van der Waals surface area contributed by atoms with E-state index in [1.165, 1.54) is 11.5 Å². The van der Waals surface area contributed by atoms with E-state index in [0.29, 0.717) is 28.7 Å². The second-order valence-electron chi connectivity index (χ2n) is 6.43. The van der Waals surface area contributed by atoms with Crippen LogP contribution in [0.5, 0.6) is 5.75 Å². The van der Waals surface area contributed by atoms with E-state index in [0.717, 1.165) is 44.8 Å². The molecular weight excluding hydrogens is 397 g/mol. The minimum atomic E-state index is 0.346. The van der Waals surface area contributed by atoms with E-state index in [4.69, 9.17) is 20.8 Å². The summed E-state index contributed by atoms with van der Waals surface area (Å²) < 4.78 is 11.2. The molecule has 1 aliphatic carbocycles. The molecule has 9 heteroatoms. The Morgan fingerprint density at radius 2 is 2.11 bits per heavy atom. The van der Waals surface area contributed by atoms with Gasteiger partial charge in [-0.2, -0.15) is 4.98 Å². The van der Waals surface area contributed by atoms with Gasteiger partial charge in [0.25, 0.3) is 0 Å². The standard InChI is InChI=1S/C19H21ClN5O2P/c1-3-28-12-6-7-14(15(8-12)26-2)23-17-13(20)9-21-18(24-17)25-19-22-10-16(27-19)11-4-5-11/h6-11,28H,3-5H2,1-2H3,(H2,21,22,23,24,25). The van der Waals surface area contributed by atoms with Crippen molar-refractivity contribution in [3.63, 3.8) is 0 Å². The van der Waals surface area contributed by atoms with Crippen LogP contribution in [0, 0.1) is 0 Å². The predicted octanol–water partition coefficient (Wildman–Crippen LogP) is 4.81. The van der Waals surface area contributed by atoms with E-state index in [1.807, 2.05) is 12.1 Å². The molecule has 0 aliphatic heterocycles. The molecule has 2 N–H and O–H groups in total. The van der Waals surface area contributed by atoms with Crippen LogP contribution >= 0.6 is 20.2 Å². The highest BCUT2D eigenvalue weighted by molar-refractivity contribution is 7.47. The average Bonchev–Trinajstić information content (AvgIpc) is 3.45. The molecule has 2 aromatic heterocycles. The molecule has 1 aliphatic rings. The van der Waals surface area contributed by atoms with Gasteiger partial charge in [-0.05, 0) is 36.4 Å². The Kier molecular flexibility index (Phi) is 5.64. The zero-order chi connectivity index (χ0) is 19.5. The van der Waals surface area contributed by atoms with Crippen LogP contribution in [-0.2, 0) is 0 Å². The van der Waals surface area contributed by atoms with E-state index in [1.54, 1.807) is 13.3 Å². The normalized spacial score (nSPS) is 13.8. The van der Waals surface area contributed by atoms with Gasteiger partial charge in [0.2, 0.25) is 5.95 Å². The third-order valence-corrected chi connectivity index (χ3v) is 5.65. The quantitative estimate of drug-likeness (QED) is 0.508. The van der Waals surface area contributed by atoms with Crippen molar-refractivity contribution < 1.29 is 9.15 Å². The summed E-state index contributed by atoms with van der Waals surface area (Å²) in [6.45, 7) is 2.16. The van der Waals surface area contributed by atoms with Gasteiger partial charge in [0.05, 0.1) is 25.2 Å². The number of hydrogen-bond donors (Lipinski definition) is 2. The highest BCUT2D eigenvalue weighted by Crippen LogP contribution is 2.41. The topological polar surface area (TPSA) is 85.1 Å². The molecule has 2 heterocycles. The lowest BCUT2D eigenvalue weighted by atomic mass is 10.3. The number of oxazole rings is 1. The Morgan fingerprint density at radius 3 is 2.86 bits per heavy atom. The van der Waals surface area contributed by atoms with Gasteiger partial charge >= 0.3 is 6.01 Å². The second-order valence-corrected chi connectivity index (χ2v) is 8.47. The van der Waals surface area contributed by atoms with Gasteiger partial charge in [0.15, 0.2) is 5.82 Å². The molecule has 4 rings (SSSR count). The second kappa shape index (κ2) is 8.33. The largest absolute Gasteiger partial charge is 0.495 e. The summed E-state index contributed by atoms with van der Waals surface area (Å²) in [6.07, 6.45) is 6.69. The molecule has 0 bridgehead atoms. The molecule has 0 amide bonds. The van der Waals surface area contributed by atoms with Gasteiger partial charge in [0.1, 0.15) is 16.5 Å². The number of hydrogen-bond acceptors (Lipinski definition) is 7. The maximum Gasteiger partial charge on any atom is 0.301 e. The molecule has 3 aromatic rings. The van der Waals surface area contributed by atoms with Gasteiger partial charge in [0, 0.05) is 5.92 Å². The number of rotatable bonds is 8. The molecular formula is C19H21ClN5O2P. The van der Waals surface area contributed by atoms with Crippen LogP contribution in [0.3, 0.4) is 0 Å². The van der Waals surface area contributed by atoms with Gasteiger partial charge in [-0.25, -0.2) is 9.97 Å². The molecule has 0 spiro atoms.